The van der Waals surface area contributed by atoms with E-state index in [1.165, 1.54) is 6.07 Å². The van der Waals surface area contributed by atoms with Gasteiger partial charge in [0.2, 0.25) is 0 Å². The summed E-state index contributed by atoms with van der Waals surface area (Å²) in [4.78, 5) is 0. The Kier molecular flexibility index (Phi) is 3.77. The van der Waals surface area contributed by atoms with Crippen molar-refractivity contribution >= 4 is 0 Å². The van der Waals surface area contributed by atoms with Gasteiger partial charge in [-0.15, -0.1) is 0 Å². The maximum atomic E-state index is 14.1. The number of halogens is 1. The summed E-state index contributed by atoms with van der Waals surface area (Å²) in [6, 6.07) is 7.09. The molecular weight excluding hydrogens is 229 g/mol. The van der Waals surface area contributed by atoms with Crippen LogP contribution in [-0.4, -0.2) is 16.3 Å². The SMILES string of the molecule is CCNC(C)c1cccc(F)c1-n1ccc(C)n1. The van der Waals surface area contributed by atoms with Crippen LogP contribution in [0, 0.1) is 12.7 Å². The zero-order valence-corrected chi connectivity index (χ0v) is 10.9. The predicted octanol–water partition coefficient (Wildman–Crippen LogP) is 2.99. The minimum absolute atomic E-state index is 0.0882. The summed E-state index contributed by atoms with van der Waals surface area (Å²) in [5.41, 5.74) is 2.32. The van der Waals surface area contributed by atoms with Crippen LogP contribution in [0.4, 0.5) is 4.39 Å². The van der Waals surface area contributed by atoms with Gasteiger partial charge in [0.25, 0.3) is 0 Å². The van der Waals surface area contributed by atoms with E-state index in [-0.39, 0.29) is 11.9 Å². The van der Waals surface area contributed by atoms with Crippen LogP contribution in [0.15, 0.2) is 30.5 Å². The first kappa shape index (κ1) is 12.8. The highest BCUT2D eigenvalue weighted by atomic mass is 19.1. The minimum atomic E-state index is -0.250. The Bertz CT molecular complexity index is 534. The highest BCUT2D eigenvalue weighted by Gasteiger charge is 2.15. The number of aromatic nitrogens is 2. The molecule has 2 aromatic rings. The molecule has 0 aliphatic rings. The molecular formula is C14H18FN3. The molecule has 0 aliphatic heterocycles. The van der Waals surface area contributed by atoms with Crippen LogP contribution in [0.25, 0.3) is 5.69 Å². The Hall–Kier alpha value is -1.68. The standard InChI is InChI=1S/C14H18FN3/c1-4-16-11(3)12-6-5-7-13(15)14(12)18-9-8-10(2)17-18/h5-9,11,16H,4H2,1-3H3. The Morgan fingerprint density at radius 2 is 2.17 bits per heavy atom. The molecule has 0 saturated carbocycles. The number of rotatable bonds is 4. The average Bonchev–Trinajstić information content (AvgIpc) is 2.75. The van der Waals surface area contributed by atoms with E-state index in [0.717, 1.165) is 17.8 Å². The average molecular weight is 247 g/mol. The number of hydrogen-bond acceptors (Lipinski definition) is 2. The van der Waals surface area contributed by atoms with Gasteiger partial charge >= 0.3 is 0 Å². The Balaban J connectivity index is 2.51. The fourth-order valence-electron chi connectivity index (χ4n) is 2.08. The molecule has 1 atom stereocenters. The third kappa shape index (κ3) is 2.43. The summed E-state index contributed by atoms with van der Waals surface area (Å²) in [5.74, 6) is -0.250. The van der Waals surface area contributed by atoms with Crippen molar-refractivity contribution in [1.29, 1.82) is 0 Å². The number of aryl methyl sites for hydroxylation is 1. The smallest absolute Gasteiger partial charge is 0.149 e. The topological polar surface area (TPSA) is 29.9 Å². The molecule has 1 aromatic heterocycles. The first-order chi connectivity index (χ1) is 8.63. The number of nitrogens with zero attached hydrogens (tertiary/aromatic N) is 2. The van der Waals surface area contributed by atoms with Crippen LogP contribution in [0.1, 0.15) is 31.1 Å². The van der Waals surface area contributed by atoms with Crippen molar-refractivity contribution < 1.29 is 4.39 Å². The van der Waals surface area contributed by atoms with Crippen molar-refractivity contribution in [3.63, 3.8) is 0 Å². The van der Waals surface area contributed by atoms with Gasteiger partial charge in [-0.2, -0.15) is 5.10 Å². The Labute approximate surface area is 107 Å². The number of nitrogens with one attached hydrogen (secondary N) is 1. The quantitative estimate of drug-likeness (QED) is 0.900. The van der Waals surface area contributed by atoms with E-state index < -0.39 is 0 Å². The fourth-order valence-corrected chi connectivity index (χ4v) is 2.08. The van der Waals surface area contributed by atoms with E-state index in [2.05, 4.69) is 10.4 Å². The zero-order valence-electron chi connectivity index (χ0n) is 10.9. The normalized spacial score (nSPS) is 12.7. The molecule has 1 N–H and O–H groups in total. The van der Waals surface area contributed by atoms with Crippen molar-refractivity contribution in [1.82, 2.24) is 15.1 Å². The molecule has 4 heteroatoms. The summed E-state index contributed by atoms with van der Waals surface area (Å²) < 4.78 is 15.7. The lowest BCUT2D eigenvalue weighted by Gasteiger charge is -2.17. The van der Waals surface area contributed by atoms with Gasteiger partial charge in [0, 0.05) is 12.2 Å². The van der Waals surface area contributed by atoms with Crippen molar-refractivity contribution in [2.45, 2.75) is 26.8 Å². The zero-order chi connectivity index (χ0) is 13.1. The number of para-hydroxylation sites is 1. The highest BCUT2D eigenvalue weighted by Crippen LogP contribution is 2.24. The minimum Gasteiger partial charge on any atom is -0.310 e. The molecule has 3 nitrogen and oxygen atoms in total. The third-order valence-corrected chi connectivity index (χ3v) is 2.95. The number of hydrogen-bond donors (Lipinski definition) is 1. The first-order valence-electron chi connectivity index (χ1n) is 6.18. The molecule has 1 aromatic carbocycles. The Morgan fingerprint density at radius 1 is 1.39 bits per heavy atom. The second-order valence-electron chi connectivity index (χ2n) is 4.36. The van der Waals surface area contributed by atoms with Crippen LogP contribution >= 0.6 is 0 Å². The maximum Gasteiger partial charge on any atom is 0.149 e. The van der Waals surface area contributed by atoms with Crippen LogP contribution < -0.4 is 5.32 Å². The van der Waals surface area contributed by atoms with Gasteiger partial charge in [-0.25, -0.2) is 9.07 Å². The second-order valence-corrected chi connectivity index (χ2v) is 4.36. The lowest BCUT2D eigenvalue weighted by molar-refractivity contribution is 0.569. The molecule has 0 spiro atoms. The molecule has 96 valence electrons. The van der Waals surface area contributed by atoms with E-state index in [4.69, 9.17) is 0 Å². The lowest BCUT2D eigenvalue weighted by atomic mass is 10.1. The molecule has 1 heterocycles. The van der Waals surface area contributed by atoms with E-state index in [9.17, 15) is 4.39 Å². The van der Waals surface area contributed by atoms with E-state index in [1.807, 2.05) is 32.9 Å². The molecule has 0 saturated heterocycles. The van der Waals surface area contributed by atoms with Gasteiger partial charge < -0.3 is 5.32 Å². The monoisotopic (exact) mass is 247 g/mol. The summed E-state index contributed by atoms with van der Waals surface area (Å²) in [6.07, 6.45) is 1.79. The molecule has 0 fully saturated rings. The maximum absolute atomic E-state index is 14.1. The highest BCUT2D eigenvalue weighted by molar-refractivity contribution is 5.43. The first-order valence-corrected chi connectivity index (χ1v) is 6.18. The van der Waals surface area contributed by atoms with E-state index >= 15 is 0 Å². The van der Waals surface area contributed by atoms with Gasteiger partial charge in [0.15, 0.2) is 0 Å². The van der Waals surface area contributed by atoms with Crippen LogP contribution in [0.3, 0.4) is 0 Å². The van der Waals surface area contributed by atoms with Crippen LogP contribution in [0.5, 0.6) is 0 Å². The summed E-state index contributed by atoms with van der Waals surface area (Å²) >= 11 is 0. The molecule has 0 radical (unpaired) electrons. The molecule has 2 rings (SSSR count). The summed E-state index contributed by atoms with van der Waals surface area (Å²) in [5, 5.41) is 7.59. The third-order valence-electron chi connectivity index (χ3n) is 2.95. The second kappa shape index (κ2) is 5.31. The van der Waals surface area contributed by atoms with Gasteiger partial charge in [-0.1, -0.05) is 19.1 Å². The van der Waals surface area contributed by atoms with E-state index in [0.29, 0.717) is 5.69 Å². The van der Waals surface area contributed by atoms with Crippen molar-refractivity contribution in [2.75, 3.05) is 6.54 Å². The molecule has 1 unspecified atom stereocenters. The molecule has 18 heavy (non-hydrogen) atoms. The van der Waals surface area contributed by atoms with Gasteiger partial charge in [0.05, 0.1) is 5.69 Å². The van der Waals surface area contributed by atoms with Crippen molar-refractivity contribution in [2.24, 2.45) is 0 Å². The fraction of sp³-hybridized carbons (Fsp3) is 0.357. The predicted molar refractivity (Wildman–Crippen MR) is 70.4 cm³/mol. The van der Waals surface area contributed by atoms with Gasteiger partial charge in [0.1, 0.15) is 11.5 Å². The van der Waals surface area contributed by atoms with Crippen molar-refractivity contribution in [3.05, 3.63) is 47.5 Å². The van der Waals surface area contributed by atoms with Gasteiger partial charge in [-0.3, -0.25) is 0 Å². The summed E-state index contributed by atoms with van der Waals surface area (Å²) in [6.45, 7) is 6.80. The molecule has 0 aliphatic carbocycles. The van der Waals surface area contributed by atoms with E-state index in [1.54, 1.807) is 16.9 Å². The van der Waals surface area contributed by atoms with Gasteiger partial charge in [-0.05, 0) is 38.1 Å². The largest absolute Gasteiger partial charge is 0.310 e. The lowest BCUT2D eigenvalue weighted by Crippen LogP contribution is -2.20. The number of benzene rings is 1. The molecule has 0 amide bonds. The van der Waals surface area contributed by atoms with Crippen LogP contribution in [0.2, 0.25) is 0 Å². The Morgan fingerprint density at radius 3 is 2.78 bits per heavy atom. The van der Waals surface area contributed by atoms with Crippen LogP contribution in [-0.2, 0) is 0 Å². The molecule has 0 bridgehead atoms. The van der Waals surface area contributed by atoms with Crippen molar-refractivity contribution in [3.8, 4) is 5.69 Å². The summed E-state index contributed by atoms with van der Waals surface area (Å²) in [7, 11) is 0.